The minimum atomic E-state index is -4.20. The van der Waals surface area contributed by atoms with Gasteiger partial charge in [0.1, 0.15) is 0 Å². The number of nitrogens with one attached hydrogen (secondary N) is 2. The Morgan fingerprint density at radius 2 is 2.20 bits per heavy atom. The lowest BCUT2D eigenvalue weighted by atomic mass is 9.91. The molecule has 1 atom stereocenters. The molecule has 110 valence electrons. The first-order valence-electron chi connectivity index (χ1n) is 6.32. The van der Waals surface area contributed by atoms with Crippen LogP contribution < -0.4 is 16.4 Å². The number of nitrogens with two attached hydrogens (primary N) is 1. The van der Waals surface area contributed by atoms with Crippen LogP contribution in [-0.2, 0) is 6.42 Å². The highest BCUT2D eigenvalue weighted by Crippen LogP contribution is 2.34. The van der Waals surface area contributed by atoms with Crippen molar-refractivity contribution in [1.29, 1.82) is 0 Å². The number of rotatable bonds is 2. The van der Waals surface area contributed by atoms with Gasteiger partial charge in [0.05, 0.1) is 6.42 Å². The minimum Gasteiger partial charge on any atom is -0.351 e. The Morgan fingerprint density at radius 3 is 2.85 bits per heavy atom. The van der Waals surface area contributed by atoms with E-state index >= 15 is 0 Å². The molecule has 20 heavy (non-hydrogen) atoms. The number of fused-ring (bicyclic) bond motifs is 1. The molecule has 7 heteroatoms. The molecule has 1 heterocycles. The standard InChI is InChI=1S/C13H16F3N3O/c14-13(15,16)6-9-7-18-4-3-8-5-10(19-12(17)20)1-2-11(8)9/h1-2,5,9,18H,3-4,6-7H2,(H3,17,19,20). The van der Waals surface area contributed by atoms with Crippen molar-refractivity contribution in [1.82, 2.24) is 5.32 Å². The van der Waals surface area contributed by atoms with E-state index in [1.54, 1.807) is 18.2 Å². The number of alkyl halides is 3. The van der Waals surface area contributed by atoms with Crippen molar-refractivity contribution in [3.8, 4) is 0 Å². The molecule has 1 unspecified atom stereocenters. The monoisotopic (exact) mass is 287 g/mol. The van der Waals surface area contributed by atoms with E-state index in [1.165, 1.54) is 0 Å². The van der Waals surface area contributed by atoms with Gasteiger partial charge in [0, 0.05) is 18.2 Å². The van der Waals surface area contributed by atoms with Gasteiger partial charge in [0.25, 0.3) is 0 Å². The van der Waals surface area contributed by atoms with Crippen LogP contribution >= 0.6 is 0 Å². The van der Waals surface area contributed by atoms with E-state index in [9.17, 15) is 18.0 Å². The molecule has 0 saturated carbocycles. The van der Waals surface area contributed by atoms with Crippen LogP contribution in [0, 0.1) is 0 Å². The van der Waals surface area contributed by atoms with E-state index in [4.69, 9.17) is 5.73 Å². The molecule has 0 fully saturated rings. The van der Waals surface area contributed by atoms with Crippen LogP contribution in [-0.4, -0.2) is 25.3 Å². The summed E-state index contributed by atoms with van der Waals surface area (Å²) in [5.74, 6) is -0.602. The predicted molar refractivity (Wildman–Crippen MR) is 69.6 cm³/mol. The van der Waals surface area contributed by atoms with E-state index < -0.39 is 24.5 Å². The molecule has 0 radical (unpaired) electrons. The van der Waals surface area contributed by atoms with Gasteiger partial charge in [-0.25, -0.2) is 4.79 Å². The minimum absolute atomic E-state index is 0.301. The van der Waals surface area contributed by atoms with Crippen molar-refractivity contribution >= 4 is 11.7 Å². The fourth-order valence-electron chi connectivity index (χ4n) is 2.51. The highest BCUT2D eigenvalue weighted by Gasteiger charge is 2.33. The van der Waals surface area contributed by atoms with E-state index in [0.29, 0.717) is 30.8 Å². The zero-order chi connectivity index (χ0) is 14.8. The second-order valence-electron chi connectivity index (χ2n) is 4.87. The highest BCUT2D eigenvalue weighted by atomic mass is 19.4. The first-order valence-corrected chi connectivity index (χ1v) is 6.32. The lowest BCUT2D eigenvalue weighted by Crippen LogP contribution is -2.24. The van der Waals surface area contributed by atoms with Crippen LogP contribution in [0.1, 0.15) is 23.5 Å². The highest BCUT2D eigenvalue weighted by molar-refractivity contribution is 5.87. The topological polar surface area (TPSA) is 67.2 Å². The normalized spacial score (nSPS) is 19.1. The molecule has 0 saturated heterocycles. The first kappa shape index (κ1) is 14.6. The summed E-state index contributed by atoms with van der Waals surface area (Å²) < 4.78 is 37.9. The van der Waals surface area contributed by atoms with Crippen LogP contribution in [0.25, 0.3) is 0 Å². The molecule has 2 rings (SSSR count). The third-order valence-corrected chi connectivity index (χ3v) is 3.29. The van der Waals surface area contributed by atoms with Crippen molar-refractivity contribution in [3.05, 3.63) is 29.3 Å². The Balaban J connectivity index is 2.28. The van der Waals surface area contributed by atoms with Crippen molar-refractivity contribution < 1.29 is 18.0 Å². The van der Waals surface area contributed by atoms with Gasteiger partial charge in [0.15, 0.2) is 0 Å². The van der Waals surface area contributed by atoms with Gasteiger partial charge >= 0.3 is 12.2 Å². The lowest BCUT2D eigenvalue weighted by molar-refractivity contribution is -0.138. The molecule has 1 aromatic rings. The summed E-state index contributed by atoms with van der Waals surface area (Å²) in [7, 11) is 0. The number of hydrogen-bond donors (Lipinski definition) is 3. The van der Waals surface area contributed by atoms with Gasteiger partial charge in [-0.15, -0.1) is 0 Å². The number of carbonyl (C=O) groups is 1. The summed E-state index contributed by atoms with van der Waals surface area (Å²) in [5.41, 5.74) is 7.03. The number of halogens is 3. The number of primary amides is 1. The molecule has 1 aromatic carbocycles. The van der Waals surface area contributed by atoms with E-state index in [2.05, 4.69) is 10.6 Å². The molecule has 0 aliphatic carbocycles. The number of hydrogen-bond acceptors (Lipinski definition) is 2. The molecule has 0 aromatic heterocycles. The Morgan fingerprint density at radius 1 is 1.45 bits per heavy atom. The SMILES string of the molecule is NC(=O)Nc1ccc2c(c1)CCNCC2CC(F)(F)F. The molecule has 2 amide bonds. The number of carbonyl (C=O) groups excluding carboxylic acids is 1. The maximum atomic E-state index is 12.6. The maximum Gasteiger partial charge on any atom is 0.389 e. The molecule has 4 N–H and O–H groups in total. The van der Waals surface area contributed by atoms with Crippen LogP contribution in [0.4, 0.5) is 23.7 Å². The van der Waals surface area contributed by atoms with Gasteiger partial charge in [-0.3, -0.25) is 0 Å². The van der Waals surface area contributed by atoms with Gasteiger partial charge in [-0.1, -0.05) is 6.07 Å². The fraction of sp³-hybridized carbons (Fsp3) is 0.462. The van der Waals surface area contributed by atoms with Gasteiger partial charge in [0.2, 0.25) is 0 Å². The summed E-state index contributed by atoms with van der Waals surface area (Å²) in [6, 6.07) is 4.22. The molecular weight excluding hydrogens is 271 g/mol. The summed E-state index contributed by atoms with van der Waals surface area (Å²) in [6.45, 7) is 0.913. The van der Waals surface area contributed by atoms with E-state index in [0.717, 1.165) is 5.56 Å². The zero-order valence-electron chi connectivity index (χ0n) is 10.8. The number of amides is 2. The van der Waals surface area contributed by atoms with Crippen molar-refractivity contribution in [2.75, 3.05) is 18.4 Å². The van der Waals surface area contributed by atoms with Crippen molar-refractivity contribution in [2.24, 2.45) is 5.73 Å². The summed E-state index contributed by atoms with van der Waals surface area (Å²) >= 11 is 0. The maximum absolute atomic E-state index is 12.6. The molecular formula is C13H16F3N3O. The number of anilines is 1. The van der Waals surface area contributed by atoms with Crippen LogP contribution in [0.15, 0.2) is 18.2 Å². The summed E-state index contributed by atoms with van der Waals surface area (Å²) in [5, 5.41) is 5.45. The Hall–Kier alpha value is -1.76. The molecule has 0 bridgehead atoms. The molecule has 1 aliphatic heterocycles. The van der Waals surface area contributed by atoms with Gasteiger partial charge in [-0.05, 0) is 36.2 Å². The average molecular weight is 287 g/mol. The predicted octanol–water partition coefficient (Wildman–Crippen LogP) is 2.36. The van der Waals surface area contributed by atoms with Crippen molar-refractivity contribution in [2.45, 2.75) is 24.9 Å². The fourth-order valence-corrected chi connectivity index (χ4v) is 2.51. The second kappa shape index (κ2) is 5.70. The molecule has 1 aliphatic rings. The second-order valence-corrected chi connectivity index (χ2v) is 4.87. The quantitative estimate of drug-likeness (QED) is 0.781. The molecule has 0 spiro atoms. The van der Waals surface area contributed by atoms with E-state index in [-0.39, 0.29) is 0 Å². The number of benzene rings is 1. The zero-order valence-corrected chi connectivity index (χ0v) is 10.8. The number of urea groups is 1. The van der Waals surface area contributed by atoms with Crippen LogP contribution in [0.3, 0.4) is 0 Å². The Kier molecular flexibility index (Phi) is 4.17. The molecule has 4 nitrogen and oxygen atoms in total. The summed E-state index contributed by atoms with van der Waals surface area (Å²) in [4.78, 5) is 10.8. The van der Waals surface area contributed by atoms with Gasteiger partial charge < -0.3 is 16.4 Å². The van der Waals surface area contributed by atoms with Crippen LogP contribution in [0.5, 0.6) is 0 Å². The third-order valence-electron chi connectivity index (χ3n) is 3.29. The Labute approximate surface area is 114 Å². The third kappa shape index (κ3) is 3.86. The van der Waals surface area contributed by atoms with Crippen molar-refractivity contribution in [3.63, 3.8) is 0 Å². The lowest BCUT2D eigenvalue weighted by Gasteiger charge is -2.19. The smallest absolute Gasteiger partial charge is 0.351 e. The first-order chi connectivity index (χ1) is 9.35. The Bertz CT molecular complexity index is 502. The summed E-state index contributed by atoms with van der Waals surface area (Å²) in [6.07, 6.45) is -4.42. The van der Waals surface area contributed by atoms with Gasteiger partial charge in [-0.2, -0.15) is 13.2 Å². The average Bonchev–Trinajstić information content (AvgIpc) is 2.49. The largest absolute Gasteiger partial charge is 0.389 e. The van der Waals surface area contributed by atoms with E-state index in [1.807, 2.05) is 0 Å². The van der Waals surface area contributed by atoms with Crippen LogP contribution in [0.2, 0.25) is 0 Å².